The number of pyridine rings is 1. The Balaban J connectivity index is 0.00000280. The van der Waals surface area contributed by atoms with E-state index >= 15 is 0 Å². The molecule has 0 fully saturated rings. The van der Waals surface area contributed by atoms with Gasteiger partial charge in [0.15, 0.2) is 0 Å². The van der Waals surface area contributed by atoms with Gasteiger partial charge < -0.3 is 13.7 Å². The Morgan fingerprint density at radius 1 is 0.946 bits per heavy atom. The summed E-state index contributed by atoms with van der Waals surface area (Å²) in [5, 5.41) is 2.06. The minimum atomic E-state index is 0. The van der Waals surface area contributed by atoms with Crippen molar-refractivity contribution < 1.29 is 39.8 Å². The molecule has 0 aliphatic heterocycles. The maximum atomic E-state index is 6.05. The Morgan fingerprint density at radius 3 is 2.68 bits per heavy atom. The molecule has 0 aliphatic carbocycles. The minimum absolute atomic E-state index is 0. The van der Waals surface area contributed by atoms with Gasteiger partial charge in [-0.25, -0.2) is 4.98 Å². The quantitative estimate of drug-likeness (QED) is 0.158. The summed E-state index contributed by atoms with van der Waals surface area (Å²) in [6, 6.07) is 27.7. The third-order valence-electron chi connectivity index (χ3n) is 5.87. The molecule has 3 aromatic heterocycles. The van der Waals surface area contributed by atoms with Gasteiger partial charge in [-0.05, 0) is 28.5 Å². The van der Waals surface area contributed by atoms with Crippen LogP contribution in [-0.2, 0) is 26.5 Å². The summed E-state index contributed by atoms with van der Waals surface area (Å²) < 4.78 is 15.3. The Morgan fingerprint density at radius 2 is 1.81 bits per heavy atom. The van der Waals surface area contributed by atoms with Gasteiger partial charge in [-0.15, -0.1) is 22.9 Å². The summed E-state index contributed by atoms with van der Waals surface area (Å²) in [6.45, 7) is 6.46. The fourth-order valence-electron chi connectivity index (χ4n) is 3.97. The van der Waals surface area contributed by atoms with Crippen molar-refractivity contribution in [2.75, 3.05) is 0 Å². The van der Waals surface area contributed by atoms with E-state index in [1.54, 1.807) is 17.0 Å². The van der Waals surface area contributed by atoms with Crippen molar-refractivity contribution in [3.63, 3.8) is 0 Å². The van der Waals surface area contributed by atoms with Crippen LogP contribution in [-0.4, -0.2) is 9.55 Å². The van der Waals surface area contributed by atoms with Crippen LogP contribution in [0.4, 0.5) is 0 Å². The number of aromatic nitrogens is 3. The Bertz CT molecular complexity index is 1700. The van der Waals surface area contributed by atoms with Crippen molar-refractivity contribution in [3.05, 3.63) is 109 Å². The Hall–Kier alpha value is -3.89. The van der Waals surface area contributed by atoms with Crippen LogP contribution >= 0.6 is 0 Å². The maximum absolute atomic E-state index is 6.05. The van der Waals surface area contributed by atoms with Crippen LogP contribution in [0.15, 0.2) is 89.7 Å². The predicted octanol–water partition coefficient (Wildman–Crippen LogP) is 6.39. The molecule has 3 aromatic carbocycles. The summed E-state index contributed by atoms with van der Waals surface area (Å²) in [6.07, 6.45) is 8.47. The molecule has 0 bridgehead atoms. The van der Waals surface area contributed by atoms with E-state index in [2.05, 4.69) is 44.2 Å². The number of furan rings is 1. The van der Waals surface area contributed by atoms with Crippen LogP contribution in [0, 0.1) is 18.5 Å². The molecule has 0 N–H and O–H groups in total. The monoisotopic (exact) mass is 668 g/mol. The van der Waals surface area contributed by atoms with Gasteiger partial charge >= 0.3 is 0 Å². The third kappa shape index (κ3) is 5.16. The van der Waals surface area contributed by atoms with E-state index in [1.165, 1.54) is 4.73 Å². The molecule has 6 rings (SSSR count). The van der Waals surface area contributed by atoms with Crippen LogP contribution in [0.3, 0.4) is 0 Å². The number of hydrogen-bond acceptors (Lipinski definition) is 4. The number of fused-ring (bicyclic) bond motifs is 3. The molecule has 0 spiro atoms. The number of imidazole rings is 1. The van der Waals surface area contributed by atoms with Gasteiger partial charge in [-0.1, -0.05) is 56.1 Å². The first-order chi connectivity index (χ1) is 17.4. The first-order valence-corrected chi connectivity index (χ1v) is 11.6. The van der Waals surface area contributed by atoms with Gasteiger partial charge in [0.1, 0.15) is 5.58 Å². The summed E-state index contributed by atoms with van der Waals surface area (Å²) in [4.78, 5) is 10.2. The molecular formula is C30H23N3O3Pt-2. The predicted molar refractivity (Wildman–Crippen MR) is 135 cm³/mol. The molecule has 7 heteroatoms. The molecule has 0 amide bonds. The summed E-state index contributed by atoms with van der Waals surface area (Å²) in [5.74, 6) is 1.60. The summed E-state index contributed by atoms with van der Waals surface area (Å²) in [7, 11) is 0. The average Bonchev–Trinajstić information content (AvgIpc) is 3.48. The maximum Gasteiger partial charge on any atom is 0.284 e. The first kappa shape index (κ1) is 24.8. The van der Waals surface area contributed by atoms with Crippen molar-refractivity contribution in [3.8, 4) is 23.1 Å². The Kier molecular flexibility index (Phi) is 6.61. The number of ether oxygens (including phenoxy) is 1. The van der Waals surface area contributed by atoms with Gasteiger partial charge in [-0.2, -0.15) is 18.2 Å². The van der Waals surface area contributed by atoms with Crippen LogP contribution in [0.2, 0.25) is 0 Å². The van der Waals surface area contributed by atoms with Gasteiger partial charge in [0.25, 0.3) is 12.2 Å². The van der Waals surface area contributed by atoms with E-state index in [4.69, 9.17) is 14.0 Å². The Labute approximate surface area is 229 Å². The second-order valence-electron chi connectivity index (χ2n) is 9.49. The van der Waals surface area contributed by atoms with Gasteiger partial charge in [0.2, 0.25) is 0 Å². The number of para-hydroxylation sites is 1. The minimum Gasteiger partial charge on any atom is -0.510 e. The molecule has 37 heavy (non-hydrogen) atoms. The van der Waals surface area contributed by atoms with E-state index < -0.39 is 0 Å². The summed E-state index contributed by atoms with van der Waals surface area (Å²) >= 11 is 0. The van der Waals surface area contributed by atoms with E-state index in [0.717, 1.165) is 33.2 Å². The molecule has 188 valence electrons. The molecule has 6 nitrogen and oxygen atoms in total. The molecule has 0 aliphatic rings. The van der Waals surface area contributed by atoms with Crippen LogP contribution in [0.5, 0.6) is 17.4 Å². The molecule has 0 radical (unpaired) electrons. The largest absolute Gasteiger partial charge is 0.510 e. The molecule has 0 saturated heterocycles. The van der Waals surface area contributed by atoms with E-state index in [0.29, 0.717) is 17.4 Å². The van der Waals surface area contributed by atoms with Crippen molar-refractivity contribution in [1.29, 1.82) is 0 Å². The number of nitrogens with zero attached hydrogens (tertiary/aromatic N) is 3. The van der Waals surface area contributed by atoms with Crippen molar-refractivity contribution in [2.24, 2.45) is 0 Å². The molecule has 3 heterocycles. The molecule has 0 atom stereocenters. The number of hydrogen-bond donors (Lipinski definition) is 0. The number of rotatable bonds is 5. The van der Waals surface area contributed by atoms with Crippen molar-refractivity contribution in [2.45, 2.75) is 26.2 Å². The van der Waals surface area contributed by atoms with E-state index in [-0.39, 0.29) is 26.5 Å². The van der Waals surface area contributed by atoms with Gasteiger partial charge in [-0.3, -0.25) is 4.84 Å². The molecule has 0 saturated carbocycles. The van der Waals surface area contributed by atoms with Gasteiger partial charge in [0.05, 0.1) is 6.20 Å². The standard InChI is InChI=1S/C30H23N3O3.Pt/c1-30(2,3)21-13-14-31-29(17-21)36-33-16-15-32(20-33)22-7-6-8-23(18-22)34-24-11-12-26-25-9-4-5-10-27(25)35-28(26)19-24;/h4-10,12-17,19H,1-3H3;/q-2;. The van der Waals surface area contributed by atoms with Crippen molar-refractivity contribution >= 4 is 21.9 Å². The third-order valence-corrected chi connectivity index (χ3v) is 5.87. The SMILES string of the molecule is CC(C)(C)c1ccnc(O[n+]2[c-]n(-c3[c-]c(Oc4[c-]cc5c(c4)oc4ccccc45)ccc3)cc2)c1.[Pt]. The van der Waals surface area contributed by atoms with Crippen LogP contribution in [0.1, 0.15) is 26.3 Å². The average molecular weight is 669 g/mol. The first-order valence-electron chi connectivity index (χ1n) is 11.6. The van der Waals surface area contributed by atoms with Gasteiger partial charge in [0, 0.05) is 56.6 Å². The molecule has 0 unspecified atom stereocenters. The second-order valence-corrected chi connectivity index (χ2v) is 9.49. The zero-order valence-corrected chi connectivity index (χ0v) is 22.7. The summed E-state index contributed by atoms with van der Waals surface area (Å²) in [5.41, 5.74) is 3.48. The second kappa shape index (κ2) is 9.87. The van der Waals surface area contributed by atoms with Crippen molar-refractivity contribution in [1.82, 2.24) is 9.55 Å². The topological polar surface area (TPSA) is 53.3 Å². The normalized spacial score (nSPS) is 11.4. The zero-order chi connectivity index (χ0) is 24.7. The number of benzene rings is 3. The molecular weight excluding hydrogens is 645 g/mol. The zero-order valence-electron chi connectivity index (χ0n) is 20.5. The van der Waals surface area contributed by atoms with Crippen LogP contribution in [0.25, 0.3) is 27.6 Å². The fraction of sp³-hybridized carbons (Fsp3) is 0.133. The van der Waals surface area contributed by atoms with Crippen LogP contribution < -0.4 is 14.3 Å². The molecule has 6 aromatic rings. The smallest absolute Gasteiger partial charge is 0.284 e. The van der Waals surface area contributed by atoms with E-state index in [1.807, 2.05) is 72.9 Å². The fourth-order valence-corrected chi connectivity index (χ4v) is 3.97. The van der Waals surface area contributed by atoms with E-state index in [9.17, 15) is 0 Å².